The van der Waals surface area contributed by atoms with Crippen LogP contribution in [0.25, 0.3) is 35.0 Å². The van der Waals surface area contributed by atoms with Crippen molar-refractivity contribution in [2.45, 2.75) is 0 Å². The summed E-state index contributed by atoms with van der Waals surface area (Å²) in [5, 5.41) is 8.00. The Morgan fingerprint density at radius 2 is 0.800 bits per heavy atom. The van der Waals surface area contributed by atoms with Gasteiger partial charge in [0.15, 0.2) is 0 Å². The second kappa shape index (κ2) is 16.6. The SMILES string of the molecule is C=c1cccc/c1=c1\cccc\c1=C/Nc1ccc(-c2ccccc2)c(-c2ccccc2)c1.c1ccccc1.c1ccccc1. The van der Waals surface area contributed by atoms with Gasteiger partial charge >= 0.3 is 0 Å². The van der Waals surface area contributed by atoms with Crippen molar-refractivity contribution in [3.05, 3.63) is 221 Å². The summed E-state index contributed by atoms with van der Waals surface area (Å²) in [4.78, 5) is 0. The zero-order valence-electron chi connectivity index (χ0n) is 25.3. The first-order valence-corrected chi connectivity index (χ1v) is 15.1. The van der Waals surface area contributed by atoms with Crippen molar-refractivity contribution in [3.8, 4) is 22.3 Å². The molecule has 0 aromatic heterocycles. The van der Waals surface area contributed by atoms with E-state index in [1.165, 1.54) is 27.5 Å². The Labute approximate surface area is 266 Å². The van der Waals surface area contributed by atoms with E-state index in [9.17, 15) is 0 Å². The highest BCUT2D eigenvalue weighted by Gasteiger charge is 2.08. The van der Waals surface area contributed by atoms with E-state index in [0.717, 1.165) is 21.3 Å². The van der Waals surface area contributed by atoms with Crippen molar-refractivity contribution in [1.82, 2.24) is 0 Å². The molecule has 1 N–H and O–H groups in total. The van der Waals surface area contributed by atoms with Crippen LogP contribution in [-0.2, 0) is 0 Å². The Hall–Kier alpha value is -5.92. The van der Waals surface area contributed by atoms with Gasteiger partial charge < -0.3 is 5.32 Å². The third-order valence-electron chi connectivity index (χ3n) is 7.19. The van der Waals surface area contributed by atoms with Crippen molar-refractivity contribution in [2.24, 2.45) is 0 Å². The molecule has 0 saturated heterocycles. The van der Waals surface area contributed by atoms with Crippen LogP contribution >= 0.6 is 0 Å². The summed E-state index contributed by atoms with van der Waals surface area (Å²) in [5.74, 6) is 0. The lowest BCUT2D eigenvalue weighted by molar-refractivity contribution is 1.40. The summed E-state index contributed by atoms with van der Waals surface area (Å²) in [6.07, 6.45) is 2.08. The van der Waals surface area contributed by atoms with Crippen LogP contribution < -0.4 is 15.8 Å². The molecule has 0 spiro atoms. The molecule has 7 aromatic rings. The van der Waals surface area contributed by atoms with E-state index in [1.54, 1.807) is 0 Å². The van der Waals surface area contributed by atoms with Crippen LogP contribution in [0, 0.1) is 10.4 Å². The molecule has 0 fully saturated rings. The molecule has 7 rings (SSSR count). The van der Waals surface area contributed by atoms with Gasteiger partial charge in [-0.15, -0.1) is 0 Å². The second-order valence-corrected chi connectivity index (χ2v) is 10.3. The summed E-state index contributed by atoms with van der Waals surface area (Å²) < 4.78 is 0. The van der Waals surface area contributed by atoms with Gasteiger partial charge in [0, 0.05) is 11.9 Å². The van der Waals surface area contributed by atoms with Gasteiger partial charge in [-0.1, -0.05) is 195 Å². The maximum Gasteiger partial charge on any atom is 0.0386 e. The maximum atomic E-state index is 4.21. The Morgan fingerprint density at radius 3 is 1.33 bits per heavy atom. The van der Waals surface area contributed by atoms with Gasteiger partial charge in [-0.2, -0.15) is 0 Å². The van der Waals surface area contributed by atoms with Crippen LogP contribution in [0.5, 0.6) is 0 Å². The van der Waals surface area contributed by atoms with Gasteiger partial charge in [0.25, 0.3) is 0 Å². The third-order valence-corrected chi connectivity index (χ3v) is 7.19. The van der Waals surface area contributed by atoms with Gasteiger partial charge in [-0.05, 0) is 55.3 Å². The van der Waals surface area contributed by atoms with E-state index in [-0.39, 0.29) is 0 Å². The van der Waals surface area contributed by atoms with E-state index in [4.69, 9.17) is 0 Å². The molecule has 0 atom stereocenters. The van der Waals surface area contributed by atoms with Crippen LogP contribution in [0.3, 0.4) is 0 Å². The third kappa shape index (κ3) is 9.03. The fourth-order valence-corrected chi connectivity index (χ4v) is 4.94. The normalized spacial score (nSPS) is 11.2. The van der Waals surface area contributed by atoms with Gasteiger partial charge in [0.1, 0.15) is 0 Å². The number of hydrogen-bond donors (Lipinski definition) is 1. The highest BCUT2D eigenvalue weighted by molar-refractivity contribution is 5.86. The number of hydrogen-bond acceptors (Lipinski definition) is 1. The molecule has 0 heterocycles. The first-order valence-electron chi connectivity index (χ1n) is 15.1. The number of nitrogens with one attached hydrogen (secondary N) is 1. The molecule has 7 aromatic carbocycles. The smallest absolute Gasteiger partial charge is 0.0386 e. The molecular weight excluding hydrogens is 542 g/mol. The summed E-state index contributed by atoms with van der Waals surface area (Å²) in [6, 6.07) is 68.3. The predicted molar refractivity (Wildman–Crippen MR) is 194 cm³/mol. The topological polar surface area (TPSA) is 12.0 Å². The van der Waals surface area contributed by atoms with Crippen LogP contribution in [0.2, 0.25) is 0 Å². The lowest BCUT2D eigenvalue weighted by Gasteiger charge is -2.13. The minimum Gasteiger partial charge on any atom is -0.361 e. The number of rotatable bonds is 4. The zero-order chi connectivity index (χ0) is 30.9. The lowest BCUT2D eigenvalue weighted by Crippen LogP contribution is -2.10. The number of benzene rings is 7. The fourth-order valence-electron chi connectivity index (χ4n) is 4.94. The lowest BCUT2D eigenvalue weighted by atomic mass is 9.94. The minimum atomic E-state index is 1.02. The van der Waals surface area contributed by atoms with Crippen molar-refractivity contribution in [1.29, 1.82) is 0 Å². The summed E-state index contributed by atoms with van der Waals surface area (Å²) in [7, 11) is 0. The standard InChI is InChI=1S/C32H25N.2C6H6/c1-24-12-8-10-18-29(24)30-19-11-9-17-27(30)23-33-28-20-21-31(25-13-4-2-5-14-25)32(22-28)26-15-6-3-7-16-26;2*1-2-4-6-5-3-1/h2-23,33H,1H2;2*1-6H/b27-23+,30-29-;;. The highest BCUT2D eigenvalue weighted by Crippen LogP contribution is 2.34. The molecule has 1 heteroatoms. The highest BCUT2D eigenvalue weighted by atomic mass is 14.8. The van der Waals surface area contributed by atoms with Crippen LogP contribution in [-0.4, -0.2) is 0 Å². The van der Waals surface area contributed by atoms with Crippen molar-refractivity contribution < 1.29 is 0 Å². The Morgan fingerprint density at radius 1 is 0.378 bits per heavy atom. The first-order chi connectivity index (χ1) is 22.3. The Balaban J connectivity index is 0.000000277. The van der Waals surface area contributed by atoms with Gasteiger partial charge in [-0.25, -0.2) is 0 Å². The molecule has 0 unspecified atom stereocenters. The molecule has 0 saturated carbocycles. The van der Waals surface area contributed by atoms with Crippen molar-refractivity contribution >= 4 is 18.5 Å². The summed E-state index contributed by atoms with van der Waals surface area (Å²) in [5.41, 5.74) is 5.89. The molecule has 45 heavy (non-hydrogen) atoms. The number of anilines is 1. The molecule has 0 bridgehead atoms. The quantitative estimate of drug-likeness (QED) is 0.219. The Bertz CT molecular complexity index is 1990. The average Bonchev–Trinajstić information content (AvgIpc) is 3.14. The average molecular weight is 580 g/mol. The molecule has 0 radical (unpaired) electrons. The fraction of sp³-hybridized carbons (Fsp3) is 0. The monoisotopic (exact) mass is 579 g/mol. The van der Waals surface area contributed by atoms with Gasteiger partial charge in [0.2, 0.25) is 0 Å². The Kier molecular flexibility index (Phi) is 11.3. The predicted octanol–water partition coefficient (Wildman–Crippen LogP) is 9.94. The largest absolute Gasteiger partial charge is 0.361 e. The van der Waals surface area contributed by atoms with E-state index < -0.39 is 0 Å². The molecule has 0 aliphatic heterocycles. The second-order valence-electron chi connectivity index (χ2n) is 10.3. The molecule has 0 aliphatic rings. The van der Waals surface area contributed by atoms with Crippen LogP contribution in [0.1, 0.15) is 0 Å². The molecular formula is C44H37N. The maximum absolute atomic E-state index is 4.21. The summed E-state index contributed by atoms with van der Waals surface area (Å²) >= 11 is 0. The van der Waals surface area contributed by atoms with Crippen molar-refractivity contribution in [2.75, 3.05) is 5.32 Å². The van der Waals surface area contributed by atoms with Crippen LogP contribution in [0.15, 0.2) is 200 Å². The molecule has 0 aliphatic carbocycles. The van der Waals surface area contributed by atoms with Gasteiger partial charge in [0.05, 0.1) is 0 Å². The molecule has 218 valence electrons. The van der Waals surface area contributed by atoms with E-state index in [1.807, 2.05) is 84.9 Å². The van der Waals surface area contributed by atoms with E-state index in [0.29, 0.717) is 0 Å². The summed E-state index contributed by atoms with van der Waals surface area (Å²) in [6.45, 7) is 4.21. The van der Waals surface area contributed by atoms with Gasteiger partial charge in [-0.3, -0.25) is 0 Å². The van der Waals surface area contributed by atoms with E-state index >= 15 is 0 Å². The zero-order valence-corrected chi connectivity index (χ0v) is 25.3. The minimum absolute atomic E-state index is 1.02. The van der Waals surface area contributed by atoms with E-state index in [2.05, 4.69) is 133 Å². The van der Waals surface area contributed by atoms with Crippen molar-refractivity contribution in [3.63, 3.8) is 0 Å². The van der Waals surface area contributed by atoms with Crippen LogP contribution in [0.4, 0.5) is 5.69 Å². The molecule has 1 nitrogen and oxygen atoms in total. The molecule has 0 amide bonds. The first kappa shape index (κ1) is 30.5.